The average molecular weight is 226 g/mol. The van der Waals surface area contributed by atoms with Gasteiger partial charge in [-0.25, -0.2) is 0 Å². The van der Waals surface area contributed by atoms with Crippen molar-refractivity contribution in [2.24, 2.45) is 0 Å². The number of allylic oxidation sites excluding steroid dienone is 2. The van der Waals surface area contributed by atoms with E-state index in [2.05, 4.69) is 51.6 Å². The molecule has 1 aliphatic carbocycles. The van der Waals surface area contributed by atoms with E-state index in [-0.39, 0.29) is 0 Å². The van der Waals surface area contributed by atoms with Crippen LogP contribution >= 0.6 is 0 Å². The highest BCUT2D eigenvalue weighted by atomic mass is 14.2. The summed E-state index contributed by atoms with van der Waals surface area (Å²) < 4.78 is 0. The molecule has 0 atom stereocenters. The fraction of sp³-hybridized carbons (Fsp3) is 0.412. The first-order chi connectivity index (χ1) is 8.15. The van der Waals surface area contributed by atoms with Crippen molar-refractivity contribution in [3.05, 3.63) is 47.0 Å². The molecule has 0 bridgehead atoms. The predicted octanol–water partition coefficient (Wildman–Crippen LogP) is 5.19. The highest BCUT2D eigenvalue weighted by Crippen LogP contribution is 2.37. The van der Waals surface area contributed by atoms with E-state index in [1.54, 1.807) is 0 Å². The molecule has 0 N–H and O–H groups in total. The molecule has 0 aromatic heterocycles. The molecule has 2 rings (SSSR count). The molecule has 1 aliphatic rings. The summed E-state index contributed by atoms with van der Waals surface area (Å²) in [7, 11) is 0. The molecule has 1 aromatic carbocycles. The molecule has 1 aromatic rings. The molecule has 0 spiro atoms. The Morgan fingerprint density at radius 1 is 1.29 bits per heavy atom. The smallest absolute Gasteiger partial charge is 0.0123 e. The van der Waals surface area contributed by atoms with Crippen LogP contribution in [0.4, 0.5) is 0 Å². The largest absolute Gasteiger partial charge is 0.0952 e. The minimum absolute atomic E-state index is 0.574. The molecular formula is C17H22. The van der Waals surface area contributed by atoms with Crippen LogP contribution in [0, 0.1) is 0 Å². The van der Waals surface area contributed by atoms with E-state index in [9.17, 15) is 0 Å². The molecule has 0 saturated carbocycles. The third kappa shape index (κ3) is 2.22. The molecule has 0 heterocycles. The summed E-state index contributed by atoms with van der Waals surface area (Å²) in [6.45, 7) is 10.9. The second-order valence-electron chi connectivity index (χ2n) is 5.17. The lowest BCUT2D eigenvalue weighted by Gasteiger charge is -2.15. The zero-order valence-corrected chi connectivity index (χ0v) is 11.2. The Morgan fingerprint density at radius 2 is 2.06 bits per heavy atom. The van der Waals surface area contributed by atoms with E-state index in [4.69, 9.17) is 0 Å². The number of hydrogen-bond acceptors (Lipinski definition) is 0. The number of benzene rings is 1. The summed E-state index contributed by atoms with van der Waals surface area (Å²) in [6, 6.07) is 4.60. The normalized spacial score (nSPS) is 14.9. The monoisotopic (exact) mass is 226 g/mol. The second-order valence-corrected chi connectivity index (χ2v) is 5.17. The maximum Gasteiger partial charge on any atom is -0.0123 e. The van der Waals surface area contributed by atoms with Gasteiger partial charge in [0.05, 0.1) is 0 Å². The summed E-state index contributed by atoms with van der Waals surface area (Å²) in [4.78, 5) is 0. The molecule has 0 fully saturated rings. The Morgan fingerprint density at radius 3 is 2.71 bits per heavy atom. The molecule has 90 valence electrons. The topological polar surface area (TPSA) is 0 Å². The van der Waals surface area contributed by atoms with Gasteiger partial charge in [-0.1, -0.05) is 51.6 Å². The van der Waals surface area contributed by atoms with Crippen LogP contribution in [0.1, 0.15) is 61.8 Å². The quantitative estimate of drug-likeness (QED) is 0.665. The number of aryl methyl sites for hydroxylation is 1. The third-order valence-electron chi connectivity index (χ3n) is 3.56. The Bertz CT molecular complexity index is 461. The molecule has 0 amide bonds. The van der Waals surface area contributed by atoms with E-state index >= 15 is 0 Å². The highest BCUT2D eigenvalue weighted by Gasteiger charge is 2.20. The Hall–Kier alpha value is -1.30. The average Bonchev–Trinajstić information content (AvgIpc) is 2.68. The van der Waals surface area contributed by atoms with E-state index < -0.39 is 0 Å². The van der Waals surface area contributed by atoms with E-state index in [1.807, 2.05) is 0 Å². The fourth-order valence-corrected chi connectivity index (χ4v) is 2.64. The van der Waals surface area contributed by atoms with Crippen molar-refractivity contribution in [1.29, 1.82) is 0 Å². The van der Waals surface area contributed by atoms with Crippen molar-refractivity contribution in [1.82, 2.24) is 0 Å². The summed E-state index contributed by atoms with van der Waals surface area (Å²) in [5.41, 5.74) is 7.10. The number of hydrogen-bond donors (Lipinski definition) is 0. The van der Waals surface area contributed by atoms with Crippen LogP contribution < -0.4 is 0 Å². The first-order valence-corrected chi connectivity index (χ1v) is 6.65. The molecule has 0 radical (unpaired) electrons. The molecule has 0 heteroatoms. The maximum absolute atomic E-state index is 4.23. The minimum Gasteiger partial charge on any atom is -0.0952 e. The summed E-state index contributed by atoms with van der Waals surface area (Å²) in [5, 5.41) is 0. The Labute approximate surface area is 105 Å². The molecule has 0 nitrogen and oxygen atoms in total. The van der Waals surface area contributed by atoms with Crippen LogP contribution in [0.5, 0.6) is 0 Å². The molecule has 17 heavy (non-hydrogen) atoms. The van der Waals surface area contributed by atoms with Gasteiger partial charge in [-0.2, -0.15) is 0 Å². The van der Waals surface area contributed by atoms with Gasteiger partial charge in [0.15, 0.2) is 0 Å². The molecule has 0 unspecified atom stereocenters. The van der Waals surface area contributed by atoms with Crippen LogP contribution in [0.25, 0.3) is 11.6 Å². The van der Waals surface area contributed by atoms with Crippen LogP contribution in [0.15, 0.2) is 24.8 Å². The first-order valence-electron chi connectivity index (χ1n) is 6.65. The van der Waals surface area contributed by atoms with Crippen molar-refractivity contribution in [2.45, 2.75) is 46.0 Å². The van der Waals surface area contributed by atoms with E-state index in [0.717, 1.165) is 12.8 Å². The van der Waals surface area contributed by atoms with Crippen LogP contribution in [-0.4, -0.2) is 0 Å². The second kappa shape index (κ2) is 4.91. The first kappa shape index (κ1) is 12.2. The Balaban J connectivity index is 2.61. The predicted molar refractivity (Wildman–Crippen MR) is 77.2 cm³/mol. The van der Waals surface area contributed by atoms with Crippen molar-refractivity contribution in [2.75, 3.05) is 0 Å². The lowest BCUT2D eigenvalue weighted by atomic mass is 9.90. The van der Waals surface area contributed by atoms with E-state index in [1.165, 1.54) is 34.2 Å². The molecule has 0 aliphatic heterocycles. The van der Waals surface area contributed by atoms with Gasteiger partial charge < -0.3 is 0 Å². The van der Waals surface area contributed by atoms with Gasteiger partial charge in [0, 0.05) is 0 Å². The van der Waals surface area contributed by atoms with Gasteiger partial charge in [-0.3, -0.25) is 0 Å². The SMILES string of the molecule is C=C1CCc2ccc(C(C)C)c(/C=C\CC)c21. The Kier molecular flexibility index (Phi) is 3.51. The highest BCUT2D eigenvalue weighted by molar-refractivity contribution is 5.80. The summed E-state index contributed by atoms with van der Waals surface area (Å²) in [5.74, 6) is 0.574. The van der Waals surface area contributed by atoms with Gasteiger partial charge >= 0.3 is 0 Å². The third-order valence-corrected chi connectivity index (χ3v) is 3.56. The lowest BCUT2D eigenvalue weighted by molar-refractivity contribution is 0.862. The van der Waals surface area contributed by atoms with Gasteiger partial charge in [-0.15, -0.1) is 0 Å². The summed E-state index contributed by atoms with van der Waals surface area (Å²) >= 11 is 0. The fourth-order valence-electron chi connectivity index (χ4n) is 2.64. The van der Waals surface area contributed by atoms with Gasteiger partial charge in [-0.05, 0) is 53.0 Å². The van der Waals surface area contributed by atoms with E-state index in [0.29, 0.717) is 5.92 Å². The van der Waals surface area contributed by atoms with Crippen molar-refractivity contribution in [3.63, 3.8) is 0 Å². The molecular weight excluding hydrogens is 204 g/mol. The van der Waals surface area contributed by atoms with Crippen molar-refractivity contribution in [3.8, 4) is 0 Å². The van der Waals surface area contributed by atoms with Gasteiger partial charge in [0.2, 0.25) is 0 Å². The zero-order chi connectivity index (χ0) is 12.4. The zero-order valence-electron chi connectivity index (χ0n) is 11.2. The maximum atomic E-state index is 4.23. The number of rotatable bonds is 3. The summed E-state index contributed by atoms with van der Waals surface area (Å²) in [6.07, 6.45) is 7.94. The number of fused-ring (bicyclic) bond motifs is 1. The lowest BCUT2D eigenvalue weighted by Crippen LogP contribution is -1.97. The van der Waals surface area contributed by atoms with Crippen LogP contribution in [0.3, 0.4) is 0 Å². The van der Waals surface area contributed by atoms with Crippen molar-refractivity contribution >= 4 is 11.6 Å². The molecule has 0 saturated heterocycles. The van der Waals surface area contributed by atoms with Crippen LogP contribution in [-0.2, 0) is 6.42 Å². The van der Waals surface area contributed by atoms with Gasteiger partial charge in [0.25, 0.3) is 0 Å². The van der Waals surface area contributed by atoms with Crippen molar-refractivity contribution < 1.29 is 0 Å². The standard InChI is InChI=1S/C17H22/c1-5-6-7-16-15(12(2)3)11-10-14-9-8-13(4)17(14)16/h6-7,10-12H,4-5,8-9H2,1-3H3/b7-6-. The van der Waals surface area contributed by atoms with Crippen LogP contribution in [0.2, 0.25) is 0 Å². The minimum atomic E-state index is 0.574. The van der Waals surface area contributed by atoms with Gasteiger partial charge in [0.1, 0.15) is 0 Å².